The number of halogens is 1. The second kappa shape index (κ2) is 8.95. The number of carboxylic acids is 1. The van der Waals surface area contributed by atoms with Gasteiger partial charge in [0.1, 0.15) is 6.04 Å². The molecule has 0 aliphatic heterocycles. The van der Waals surface area contributed by atoms with Gasteiger partial charge in [0.25, 0.3) is 0 Å². The third kappa shape index (κ3) is 6.40. The fourth-order valence-electron chi connectivity index (χ4n) is 1.74. The van der Waals surface area contributed by atoms with Crippen molar-refractivity contribution in [2.75, 3.05) is 5.75 Å². The van der Waals surface area contributed by atoms with Crippen LogP contribution >= 0.6 is 23.4 Å². The van der Waals surface area contributed by atoms with Crippen LogP contribution in [0.15, 0.2) is 24.3 Å². The summed E-state index contributed by atoms with van der Waals surface area (Å²) in [5.74, 6) is -0.399. The lowest BCUT2D eigenvalue weighted by molar-refractivity contribution is -0.143. The highest BCUT2D eigenvalue weighted by Gasteiger charge is 2.24. The number of hydrogen-bond acceptors (Lipinski definition) is 3. The van der Waals surface area contributed by atoms with Gasteiger partial charge in [0, 0.05) is 10.8 Å². The third-order valence-electron chi connectivity index (χ3n) is 3.21. The summed E-state index contributed by atoms with van der Waals surface area (Å²) in [6, 6.07) is 6.61. The molecule has 0 fully saturated rings. The zero-order chi connectivity index (χ0) is 15.8. The molecule has 1 aromatic rings. The van der Waals surface area contributed by atoms with Crippen LogP contribution in [0.25, 0.3) is 0 Å². The Morgan fingerprint density at radius 2 is 1.95 bits per heavy atom. The second-order valence-electron chi connectivity index (χ2n) is 4.89. The number of carbonyl (C=O) groups is 2. The molecule has 116 valence electrons. The zero-order valence-corrected chi connectivity index (χ0v) is 13.7. The normalized spacial score (nSPS) is 13.5. The number of carbonyl (C=O) groups excluding carboxylic acids is 1. The smallest absolute Gasteiger partial charge is 0.326 e. The van der Waals surface area contributed by atoms with Crippen LogP contribution in [-0.2, 0) is 15.3 Å². The Labute approximate surface area is 134 Å². The first kappa shape index (κ1) is 17.9. The van der Waals surface area contributed by atoms with Crippen molar-refractivity contribution in [3.63, 3.8) is 0 Å². The van der Waals surface area contributed by atoms with Crippen LogP contribution < -0.4 is 5.32 Å². The number of nitrogens with one attached hydrogen (secondary N) is 1. The molecule has 1 aromatic carbocycles. The molecule has 1 amide bonds. The first-order chi connectivity index (χ1) is 9.93. The Morgan fingerprint density at radius 1 is 1.33 bits per heavy atom. The van der Waals surface area contributed by atoms with Crippen molar-refractivity contribution < 1.29 is 14.7 Å². The van der Waals surface area contributed by atoms with Gasteiger partial charge in [-0.2, -0.15) is 0 Å². The van der Waals surface area contributed by atoms with Crippen LogP contribution in [0.4, 0.5) is 0 Å². The molecule has 6 heteroatoms. The van der Waals surface area contributed by atoms with Gasteiger partial charge in [-0.1, -0.05) is 44.0 Å². The zero-order valence-electron chi connectivity index (χ0n) is 12.1. The Hall–Kier alpha value is -1.20. The molecule has 0 heterocycles. The largest absolute Gasteiger partial charge is 0.480 e. The highest BCUT2D eigenvalue weighted by molar-refractivity contribution is 7.99. The van der Waals surface area contributed by atoms with Gasteiger partial charge in [-0.05, 0) is 23.6 Å². The van der Waals surface area contributed by atoms with Crippen LogP contribution in [0.5, 0.6) is 0 Å². The molecule has 0 aliphatic rings. The summed E-state index contributed by atoms with van der Waals surface area (Å²) in [5.41, 5.74) is 1.08. The van der Waals surface area contributed by atoms with Gasteiger partial charge in [0.2, 0.25) is 5.91 Å². The molecule has 4 nitrogen and oxygen atoms in total. The molecule has 0 radical (unpaired) electrons. The first-order valence-electron chi connectivity index (χ1n) is 6.78. The summed E-state index contributed by atoms with van der Waals surface area (Å²) in [4.78, 5) is 22.9. The maximum Gasteiger partial charge on any atom is 0.326 e. The van der Waals surface area contributed by atoms with E-state index < -0.39 is 12.0 Å². The predicted octanol–water partition coefficient (Wildman–Crippen LogP) is 3.19. The number of aliphatic carboxylic acids is 1. The summed E-state index contributed by atoms with van der Waals surface area (Å²) >= 11 is 7.25. The minimum atomic E-state index is -0.986. The standard InChI is InChI=1S/C15H20ClNO3S/c1-3-10(2)14(15(19)20)17-13(18)9-21-8-11-4-6-12(16)7-5-11/h4-7,10,14H,3,8-9H2,1-2H3,(H,17,18)(H,19,20)/t10?,14-/m0/s1. The molecule has 1 rings (SSSR count). The van der Waals surface area contributed by atoms with Crippen LogP contribution in [0.3, 0.4) is 0 Å². The van der Waals surface area contributed by atoms with E-state index in [2.05, 4.69) is 5.32 Å². The molecule has 2 atom stereocenters. The molecule has 0 aromatic heterocycles. The van der Waals surface area contributed by atoms with Gasteiger partial charge < -0.3 is 10.4 Å². The third-order valence-corrected chi connectivity index (χ3v) is 4.47. The van der Waals surface area contributed by atoms with Crippen molar-refractivity contribution in [3.05, 3.63) is 34.9 Å². The average Bonchev–Trinajstić information content (AvgIpc) is 2.45. The van der Waals surface area contributed by atoms with Crippen molar-refractivity contribution >= 4 is 35.2 Å². The van der Waals surface area contributed by atoms with Gasteiger partial charge in [-0.3, -0.25) is 4.79 Å². The maximum atomic E-state index is 11.8. The van der Waals surface area contributed by atoms with Gasteiger partial charge in [-0.25, -0.2) is 4.79 Å². The lowest BCUT2D eigenvalue weighted by Crippen LogP contribution is -2.45. The monoisotopic (exact) mass is 329 g/mol. The summed E-state index contributed by atoms with van der Waals surface area (Å²) in [5, 5.41) is 12.4. The fraction of sp³-hybridized carbons (Fsp3) is 0.467. The summed E-state index contributed by atoms with van der Waals surface area (Å²) in [6.45, 7) is 3.72. The van der Waals surface area contributed by atoms with Crippen molar-refractivity contribution in [2.24, 2.45) is 5.92 Å². The number of hydrogen-bond donors (Lipinski definition) is 2. The molecular formula is C15H20ClNO3S. The van der Waals surface area contributed by atoms with Crippen LogP contribution in [0, 0.1) is 5.92 Å². The molecule has 0 saturated carbocycles. The van der Waals surface area contributed by atoms with Crippen molar-refractivity contribution in [2.45, 2.75) is 32.1 Å². The predicted molar refractivity (Wildman–Crippen MR) is 86.6 cm³/mol. The van der Waals surface area contributed by atoms with E-state index in [1.807, 2.05) is 26.0 Å². The quantitative estimate of drug-likeness (QED) is 0.768. The van der Waals surface area contributed by atoms with Gasteiger partial charge in [0.05, 0.1) is 5.75 Å². The Kier molecular flexibility index (Phi) is 7.61. The molecule has 2 N–H and O–H groups in total. The van der Waals surface area contributed by atoms with Crippen molar-refractivity contribution in [1.82, 2.24) is 5.32 Å². The number of thioether (sulfide) groups is 1. The van der Waals surface area contributed by atoms with E-state index in [4.69, 9.17) is 16.7 Å². The number of benzene rings is 1. The van der Waals surface area contributed by atoms with E-state index in [0.717, 1.165) is 5.56 Å². The van der Waals surface area contributed by atoms with Crippen molar-refractivity contribution in [1.29, 1.82) is 0 Å². The lowest BCUT2D eigenvalue weighted by atomic mass is 9.99. The second-order valence-corrected chi connectivity index (χ2v) is 6.31. The lowest BCUT2D eigenvalue weighted by Gasteiger charge is -2.19. The minimum absolute atomic E-state index is 0.0901. The Morgan fingerprint density at radius 3 is 2.48 bits per heavy atom. The summed E-state index contributed by atoms with van der Waals surface area (Å²) in [6.07, 6.45) is 0.704. The van der Waals surface area contributed by atoms with E-state index in [1.54, 1.807) is 12.1 Å². The van der Waals surface area contributed by atoms with Crippen molar-refractivity contribution in [3.8, 4) is 0 Å². The van der Waals surface area contributed by atoms with Crippen LogP contribution in [0.1, 0.15) is 25.8 Å². The van der Waals surface area contributed by atoms with Gasteiger partial charge >= 0.3 is 5.97 Å². The van der Waals surface area contributed by atoms with Gasteiger partial charge in [-0.15, -0.1) is 11.8 Å². The first-order valence-corrected chi connectivity index (χ1v) is 8.31. The number of rotatable bonds is 8. The molecule has 1 unspecified atom stereocenters. The van der Waals surface area contributed by atoms with E-state index in [0.29, 0.717) is 17.2 Å². The van der Waals surface area contributed by atoms with Crippen LogP contribution in [0.2, 0.25) is 5.02 Å². The van der Waals surface area contributed by atoms with E-state index in [1.165, 1.54) is 11.8 Å². The summed E-state index contributed by atoms with van der Waals surface area (Å²) in [7, 11) is 0. The molecule has 0 spiro atoms. The molecule has 21 heavy (non-hydrogen) atoms. The number of amides is 1. The highest BCUT2D eigenvalue weighted by atomic mass is 35.5. The highest BCUT2D eigenvalue weighted by Crippen LogP contribution is 2.15. The van der Waals surface area contributed by atoms with E-state index in [9.17, 15) is 9.59 Å². The molecule has 0 saturated heterocycles. The van der Waals surface area contributed by atoms with Crippen LogP contribution in [-0.4, -0.2) is 28.8 Å². The number of carboxylic acid groups (broad SMARTS) is 1. The van der Waals surface area contributed by atoms with Gasteiger partial charge in [0.15, 0.2) is 0 Å². The Bertz CT molecular complexity index is 478. The summed E-state index contributed by atoms with van der Waals surface area (Å²) < 4.78 is 0. The molecular weight excluding hydrogens is 310 g/mol. The molecule has 0 aliphatic carbocycles. The average molecular weight is 330 g/mol. The van der Waals surface area contributed by atoms with E-state index >= 15 is 0 Å². The fourth-order valence-corrected chi connectivity index (χ4v) is 2.67. The topological polar surface area (TPSA) is 66.4 Å². The van der Waals surface area contributed by atoms with E-state index in [-0.39, 0.29) is 17.6 Å². The SMILES string of the molecule is CCC(C)[C@H](NC(=O)CSCc1ccc(Cl)cc1)C(=O)O. The minimum Gasteiger partial charge on any atom is -0.480 e. The maximum absolute atomic E-state index is 11.8. The Balaban J connectivity index is 2.39. The molecule has 0 bridgehead atoms.